The van der Waals surface area contributed by atoms with E-state index >= 15 is 0 Å². The van der Waals surface area contributed by atoms with Gasteiger partial charge >= 0.3 is 0 Å². The van der Waals surface area contributed by atoms with E-state index in [0.717, 1.165) is 12.8 Å². The van der Waals surface area contributed by atoms with Gasteiger partial charge in [0.1, 0.15) is 6.17 Å². The molecule has 0 amide bonds. The molecular weight excluding hydrogens is 129 g/mol. The molecule has 0 fully saturated rings. The molecule has 0 spiro atoms. The molecule has 0 saturated heterocycles. The minimum Gasteiger partial charge on any atom is -0.330 e. The van der Waals surface area contributed by atoms with E-state index in [9.17, 15) is 4.39 Å². The molecule has 0 aliphatic heterocycles. The van der Waals surface area contributed by atoms with Crippen LogP contribution >= 0.6 is 0 Å². The molecule has 0 aliphatic carbocycles. The van der Waals surface area contributed by atoms with E-state index in [-0.39, 0.29) is 5.92 Å². The van der Waals surface area contributed by atoms with Crippen molar-refractivity contribution in [2.45, 2.75) is 39.3 Å². The summed E-state index contributed by atoms with van der Waals surface area (Å²) in [6.45, 7) is 4.49. The molecule has 62 valence electrons. The zero-order valence-corrected chi connectivity index (χ0v) is 6.94. The van der Waals surface area contributed by atoms with Crippen molar-refractivity contribution in [1.29, 1.82) is 0 Å². The molecule has 0 aromatic carbocycles. The smallest absolute Gasteiger partial charge is 0.104 e. The highest BCUT2D eigenvalue weighted by molar-refractivity contribution is 4.64. The van der Waals surface area contributed by atoms with Crippen LogP contribution in [0.2, 0.25) is 0 Å². The number of halogens is 1. The van der Waals surface area contributed by atoms with Gasteiger partial charge in [0, 0.05) is 0 Å². The van der Waals surface area contributed by atoms with Crippen LogP contribution in [0.5, 0.6) is 0 Å². The lowest BCUT2D eigenvalue weighted by Crippen LogP contribution is -2.16. The summed E-state index contributed by atoms with van der Waals surface area (Å²) in [5, 5.41) is 0. The van der Waals surface area contributed by atoms with E-state index in [1.54, 1.807) is 0 Å². The number of rotatable bonds is 5. The Morgan fingerprint density at radius 2 is 2.00 bits per heavy atom. The Morgan fingerprint density at radius 1 is 1.40 bits per heavy atom. The first-order valence-electron chi connectivity index (χ1n) is 4.06. The van der Waals surface area contributed by atoms with E-state index in [4.69, 9.17) is 5.73 Å². The monoisotopic (exact) mass is 147 g/mol. The van der Waals surface area contributed by atoms with Gasteiger partial charge in [-0.15, -0.1) is 0 Å². The molecule has 2 unspecified atom stereocenters. The van der Waals surface area contributed by atoms with E-state index in [0.29, 0.717) is 13.0 Å². The number of hydrogen-bond acceptors (Lipinski definition) is 1. The normalized spacial score (nSPS) is 16.8. The maximum Gasteiger partial charge on any atom is 0.104 e. The van der Waals surface area contributed by atoms with Gasteiger partial charge in [-0.3, -0.25) is 0 Å². The Morgan fingerprint density at radius 3 is 2.40 bits per heavy atom. The third-order valence-electron chi connectivity index (χ3n) is 1.80. The molecule has 0 aromatic rings. The van der Waals surface area contributed by atoms with Crippen molar-refractivity contribution in [3.05, 3.63) is 0 Å². The second kappa shape index (κ2) is 5.66. The van der Waals surface area contributed by atoms with Crippen molar-refractivity contribution < 1.29 is 4.39 Å². The summed E-state index contributed by atoms with van der Waals surface area (Å²) in [5.74, 6) is 0.188. The second-order valence-corrected chi connectivity index (χ2v) is 2.86. The molecule has 0 heterocycles. The molecule has 2 N–H and O–H groups in total. The predicted octanol–water partition coefficient (Wildman–Crippen LogP) is 2.11. The molecule has 1 nitrogen and oxygen atoms in total. The molecule has 2 heteroatoms. The van der Waals surface area contributed by atoms with Crippen LogP contribution < -0.4 is 5.73 Å². The molecule has 0 aliphatic rings. The fourth-order valence-corrected chi connectivity index (χ4v) is 1.08. The Labute approximate surface area is 62.8 Å². The standard InChI is InChI=1S/C8H18FN/c1-3-4-7(2)8(9)5-6-10/h7-8H,3-6,10H2,1-2H3. The fraction of sp³-hybridized carbons (Fsp3) is 1.00. The topological polar surface area (TPSA) is 26.0 Å². The van der Waals surface area contributed by atoms with Gasteiger partial charge in [-0.1, -0.05) is 20.3 Å². The summed E-state index contributed by atoms with van der Waals surface area (Å²) in [4.78, 5) is 0. The SMILES string of the molecule is CCCC(C)C(F)CCN. The lowest BCUT2D eigenvalue weighted by atomic mass is 9.98. The average molecular weight is 147 g/mol. The third-order valence-corrected chi connectivity index (χ3v) is 1.80. The van der Waals surface area contributed by atoms with Crippen LogP contribution in [-0.4, -0.2) is 12.7 Å². The summed E-state index contributed by atoms with van der Waals surface area (Å²) in [7, 11) is 0. The van der Waals surface area contributed by atoms with Crippen molar-refractivity contribution in [2.24, 2.45) is 11.7 Å². The van der Waals surface area contributed by atoms with Crippen LogP contribution in [0.25, 0.3) is 0 Å². The number of alkyl halides is 1. The van der Waals surface area contributed by atoms with Crippen molar-refractivity contribution in [2.75, 3.05) is 6.54 Å². The maximum absolute atomic E-state index is 12.9. The Hall–Kier alpha value is -0.110. The van der Waals surface area contributed by atoms with Gasteiger partial charge in [-0.2, -0.15) is 0 Å². The van der Waals surface area contributed by atoms with E-state index in [2.05, 4.69) is 6.92 Å². The van der Waals surface area contributed by atoms with Crippen LogP contribution in [0.1, 0.15) is 33.1 Å². The van der Waals surface area contributed by atoms with Gasteiger partial charge in [-0.25, -0.2) is 4.39 Å². The molecule has 0 rings (SSSR count). The lowest BCUT2D eigenvalue weighted by molar-refractivity contribution is 0.220. The lowest BCUT2D eigenvalue weighted by Gasteiger charge is -2.14. The minimum atomic E-state index is -0.690. The Balaban J connectivity index is 3.38. The van der Waals surface area contributed by atoms with Crippen LogP contribution in [0.4, 0.5) is 4.39 Å². The van der Waals surface area contributed by atoms with Gasteiger partial charge in [-0.05, 0) is 25.3 Å². The largest absolute Gasteiger partial charge is 0.330 e. The Kier molecular flexibility index (Phi) is 5.60. The summed E-state index contributed by atoms with van der Waals surface area (Å²) in [6.07, 6.45) is 1.86. The molecule has 0 saturated carbocycles. The highest BCUT2D eigenvalue weighted by Gasteiger charge is 2.13. The predicted molar refractivity (Wildman–Crippen MR) is 42.6 cm³/mol. The number of hydrogen-bond donors (Lipinski definition) is 1. The van der Waals surface area contributed by atoms with Crippen LogP contribution in [0.3, 0.4) is 0 Å². The zero-order chi connectivity index (χ0) is 7.98. The van der Waals surface area contributed by atoms with E-state index in [1.807, 2.05) is 6.92 Å². The zero-order valence-electron chi connectivity index (χ0n) is 6.94. The van der Waals surface area contributed by atoms with Crippen molar-refractivity contribution >= 4 is 0 Å². The molecule has 0 radical (unpaired) electrons. The summed E-state index contributed by atoms with van der Waals surface area (Å²) in [6, 6.07) is 0. The first-order valence-corrected chi connectivity index (χ1v) is 4.06. The summed E-state index contributed by atoms with van der Waals surface area (Å²) in [5.41, 5.74) is 5.22. The van der Waals surface area contributed by atoms with Crippen LogP contribution in [-0.2, 0) is 0 Å². The van der Waals surface area contributed by atoms with Gasteiger partial charge in [0.05, 0.1) is 0 Å². The second-order valence-electron chi connectivity index (χ2n) is 2.86. The first-order chi connectivity index (χ1) is 4.72. The van der Waals surface area contributed by atoms with Crippen molar-refractivity contribution in [3.8, 4) is 0 Å². The van der Waals surface area contributed by atoms with E-state index < -0.39 is 6.17 Å². The van der Waals surface area contributed by atoms with Crippen molar-refractivity contribution in [3.63, 3.8) is 0 Å². The summed E-state index contributed by atoms with van der Waals surface area (Å²) >= 11 is 0. The quantitative estimate of drug-likeness (QED) is 0.633. The van der Waals surface area contributed by atoms with Crippen LogP contribution in [0.15, 0.2) is 0 Å². The van der Waals surface area contributed by atoms with E-state index in [1.165, 1.54) is 0 Å². The number of nitrogens with two attached hydrogens (primary N) is 1. The minimum absolute atomic E-state index is 0.188. The molecule has 0 aromatic heterocycles. The Bertz CT molecular complexity index is 65.7. The highest BCUT2D eigenvalue weighted by atomic mass is 19.1. The van der Waals surface area contributed by atoms with Crippen molar-refractivity contribution in [1.82, 2.24) is 0 Å². The van der Waals surface area contributed by atoms with Gasteiger partial charge in [0.2, 0.25) is 0 Å². The average Bonchev–Trinajstić information content (AvgIpc) is 1.89. The summed E-state index contributed by atoms with van der Waals surface area (Å²) < 4.78 is 12.9. The fourth-order valence-electron chi connectivity index (χ4n) is 1.08. The molecule has 2 atom stereocenters. The first kappa shape index (κ1) is 9.89. The van der Waals surface area contributed by atoms with Crippen LogP contribution in [0, 0.1) is 5.92 Å². The molecular formula is C8H18FN. The maximum atomic E-state index is 12.9. The molecule has 10 heavy (non-hydrogen) atoms. The third kappa shape index (κ3) is 3.83. The molecule has 0 bridgehead atoms. The van der Waals surface area contributed by atoms with Gasteiger partial charge in [0.15, 0.2) is 0 Å². The van der Waals surface area contributed by atoms with Gasteiger partial charge in [0.25, 0.3) is 0 Å². The van der Waals surface area contributed by atoms with Gasteiger partial charge < -0.3 is 5.73 Å². The highest BCUT2D eigenvalue weighted by Crippen LogP contribution is 2.15.